The van der Waals surface area contributed by atoms with Crippen LogP contribution in [-0.4, -0.2) is 54.8 Å². The number of amides is 4. The van der Waals surface area contributed by atoms with Crippen molar-refractivity contribution in [3.05, 3.63) is 24.3 Å². The number of carbonyl (C=O) groups is 3. The van der Waals surface area contributed by atoms with Crippen molar-refractivity contribution in [2.24, 2.45) is 0 Å². The molecule has 7 nitrogen and oxygen atoms in total. The van der Waals surface area contributed by atoms with Crippen molar-refractivity contribution in [2.75, 3.05) is 36.4 Å². The van der Waals surface area contributed by atoms with Crippen LogP contribution in [0.1, 0.15) is 51.4 Å². The fourth-order valence-corrected chi connectivity index (χ4v) is 3.84. The molecule has 0 bridgehead atoms. The molecule has 2 heterocycles. The molecule has 170 valence electrons. The van der Waals surface area contributed by atoms with E-state index in [9.17, 15) is 23.2 Å². The maximum Gasteiger partial charge on any atom is 0.328 e. The number of nitrogens with zero attached hydrogens (tertiary/aromatic N) is 2. The Bertz CT molecular complexity index is 775. The van der Waals surface area contributed by atoms with Crippen molar-refractivity contribution in [1.82, 2.24) is 10.2 Å². The van der Waals surface area contributed by atoms with Crippen molar-refractivity contribution >= 4 is 29.2 Å². The third-order valence-corrected chi connectivity index (χ3v) is 5.73. The van der Waals surface area contributed by atoms with E-state index in [0.717, 1.165) is 32.2 Å². The number of carbonyl (C=O) groups excluding carboxylic acids is 3. The fourth-order valence-electron chi connectivity index (χ4n) is 3.84. The smallest absolute Gasteiger partial charge is 0.326 e. The lowest BCUT2D eigenvalue weighted by Crippen LogP contribution is -2.49. The van der Waals surface area contributed by atoms with Gasteiger partial charge in [0, 0.05) is 56.7 Å². The van der Waals surface area contributed by atoms with Crippen molar-refractivity contribution in [2.45, 2.75) is 57.3 Å². The number of unbranched alkanes of at least 4 members (excludes halogenated alkanes) is 3. The van der Waals surface area contributed by atoms with Crippen LogP contribution in [0.15, 0.2) is 24.3 Å². The van der Waals surface area contributed by atoms with Crippen LogP contribution in [0.4, 0.5) is 25.0 Å². The number of imide groups is 1. The van der Waals surface area contributed by atoms with Gasteiger partial charge < -0.3 is 10.2 Å². The summed E-state index contributed by atoms with van der Waals surface area (Å²) in [7, 11) is 0. The molecule has 3 rings (SSSR count). The van der Waals surface area contributed by atoms with Crippen LogP contribution < -0.4 is 15.5 Å². The number of halogens is 2. The Labute approximate surface area is 181 Å². The van der Waals surface area contributed by atoms with Gasteiger partial charge in [0.2, 0.25) is 11.8 Å². The van der Waals surface area contributed by atoms with E-state index >= 15 is 0 Å². The summed E-state index contributed by atoms with van der Waals surface area (Å²) in [6.07, 6.45) is 4.26. The molecular weight excluding hydrogens is 406 g/mol. The molecule has 4 amide bonds. The molecule has 9 heteroatoms. The number of nitrogens with one attached hydrogen (secondary N) is 2. The SMILES string of the molecule is O=C1CCN(c2ccc(NC(=O)CCCCCCN3CCC(F)(F)CC3)cc2)C(=O)N1. The van der Waals surface area contributed by atoms with Gasteiger partial charge in [-0.25, -0.2) is 13.6 Å². The number of likely N-dealkylation sites (tertiary alicyclic amines) is 1. The van der Waals surface area contributed by atoms with E-state index in [1.54, 1.807) is 24.3 Å². The molecular formula is C22H30F2N4O3. The molecule has 1 aromatic rings. The van der Waals surface area contributed by atoms with Gasteiger partial charge in [-0.1, -0.05) is 12.8 Å². The topological polar surface area (TPSA) is 81.8 Å². The standard InChI is InChI=1S/C22H30F2N4O3/c23-22(24)11-15-27(16-12-22)13-4-2-1-3-5-19(29)25-17-6-8-18(9-7-17)28-14-10-20(30)26-21(28)31/h6-9H,1-5,10-16H2,(H,25,29)(H,26,30,31). The largest absolute Gasteiger partial charge is 0.328 e. The van der Waals surface area contributed by atoms with Gasteiger partial charge >= 0.3 is 6.03 Å². The van der Waals surface area contributed by atoms with E-state index in [1.807, 2.05) is 0 Å². The average molecular weight is 437 g/mol. The summed E-state index contributed by atoms with van der Waals surface area (Å²) in [5.41, 5.74) is 1.32. The highest BCUT2D eigenvalue weighted by atomic mass is 19.3. The third kappa shape index (κ3) is 7.27. The summed E-state index contributed by atoms with van der Waals surface area (Å²) < 4.78 is 26.3. The molecule has 2 saturated heterocycles. The van der Waals surface area contributed by atoms with Crippen molar-refractivity contribution in [3.8, 4) is 0 Å². The minimum Gasteiger partial charge on any atom is -0.326 e. The molecule has 1 aromatic carbocycles. The second-order valence-electron chi connectivity index (χ2n) is 8.21. The van der Waals surface area contributed by atoms with Gasteiger partial charge in [0.25, 0.3) is 5.92 Å². The number of rotatable bonds is 9. The number of alkyl halides is 2. The third-order valence-electron chi connectivity index (χ3n) is 5.73. The summed E-state index contributed by atoms with van der Waals surface area (Å²) in [4.78, 5) is 38.8. The van der Waals surface area contributed by atoms with E-state index < -0.39 is 12.0 Å². The van der Waals surface area contributed by atoms with E-state index in [2.05, 4.69) is 15.5 Å². The monoisotopic (exact) mass is 436 g/mol. The highest BCUT2D eigenvalue weighted by Crippen LogP contribution is 2.27. The molecule has 0 unspecified atom stereocenters. The van der Waals surface area contributed by atoms with E-state index in [-0.39, 0.29) is 31.1 Å². The van der Waals surface area contributed by atoms with Crippen LogP contribution in [0.25, 0.3) is 0 Å². The molecule has 2 aliphatic heterocycles. The summed E-state index contributed by atoms with van der Waals surface area (Å²) >= 11 is 0. The first-order valence-corrected chi connectivity index (χ1v) is 10.9. The van der Waals surface area contributed by atoms with Gasteiger partial charge in [-0.05, 0) is 43.7 Å². The van der Waals surface area contributed by atoms with Gasteiger partial charge in [-0.2, -0.15) is 0 Å². The molecule has 0 atom stereocenters. The zero-order chi connectivity index (χ0) is 22.3. The van der Waals surface area contributed by atoms with Gasteiger partial charge in [-0.3, -0.25) is 19.8 Å². The maximum atomic E-state index is 13.1. The number of urea groups is 1. The average Bonchev–Trinajstić information content (AvgIpc) is 2.72. The normalized spacial score (nSPS) is 19.2. The zero-order valence-electron chi connectivity index (χ0n) is 17.7. The van der Waals surface area contributed by atoms with Crippen LogP contribution in [0, 0.1) is 0 Å². The Balaban J connectivity index is 1.28. The predicted molar refractivity (Wildman–Crippen MR) is 114 cm³/mol. The Morgan fingerprint density at radius 1 is 1.00 bits per heavy atom. The van der Waals surface area contributed by atoms with Crippen LogP contribution in [0.5, 0.6) is 0 Å². The van der Waals surface area contributed by atoms with Gasteiger partial charge in [0.15, 0.2) is 0 Å². The Morgan fingerprint density at radius 2 is 1.68 bits per heavy atom. The van der Waals surface area contributed by atoms with Crippen LogP contribution in [0.2, 0.25) is 0 Å². The van der Waals surface area contributed by atoms with E-state index in [0.29, 0.717) is 37.4 Å². The molecule has 0 saturated carbocycles. The summed E-state index contributed by atoms with van der Waals surface area (Å²) in [6.45, 7) is 2.11. The highest BCUT2D eigenvalue weighted by molar-refractivity contribution is 6.05. The molecule has 0 radical (unpaired) electrons. The molecule has 2 aliphatic rings. The molecule has 0 aliphatic carbocycles. The molecule has 31 heavy (non-hydrogen) atoms. The van der Waals surface area contributed by atoms with Crippen molar-refractivity contribution in [3.63, 3.8) is 0 Å². The first-order chi connectivity index (χ1) is 14.8. The van der Waals surface area contributed by atoms with Crippen LogP contribution >= 0.6 is 0 Å². The van der Waals surface area contributed by atoms with E-state index in [4.69, 9.17) is 0 Å². The quantitative estimate of drug-likeness (QED) is 0.578. The lowest BCUT2D eigenvalue weighted by molar-refractivity contribution is -0.120. The van der Waals surface area contributed by atoms with Crippen LogP contribution in [0.3, 0.4) is 0 Å². The Kier molecular flexibility index (Phi) is 7.95. The van der Waals surface area contributed by atoms with Crippen molar-refractivity contribution < 1.29 is 23.2 Å². The first-order valence-electron chi connectivity index (χ1n) is 10.9. The lowest BCUT2D eigenvalue weighted by atomic mass is 10.1. The second-order valence-corrected chi connectivity index (χ2v) is 8.21. The maximum absolute atomic E-state index is 13.1. The van der Waals surface area contributed by atoms with Gasteiger partial charge in [-0.15, -0.1) is 0 Å². The fraction of sp³-hybridized carbons (Fsp3) is 0.591. The summed E-state index contributed by atoms with van der Waals surface area (Å²) in [5, 5.41) is 5.13. The molecule has 2 N–H and O–H groups in total. The minimum atomic E-state index is -2.49. The van der Waals surface area contributed by atoms with Gasteiger partial charge in [0.1, 0.15) is 0 Å². The highest BCUT2D eigenvalue weighted by Gasteiger charge is 2.33. The number of benzene rings is 1. The number of anilines is 2. The minimum absolute atomic E-state index is 0.0426. The molecule has 0 aromatic heterocycles. The molecule has 2 fully saturated rings. The van der Waals surface area contributed by atoms with Crippen LogP contribution in [-0.2, 0) is 9.59 Å². The first kappa shape index (κ1) is 23.1. The number of hydrogen-bond donors (Lipinski definition) is 2. The predicted octanol–water partition coefficient (Wildman–Crippen LogP) is 3.75. The second kappa shape index (κ2) is 10.7. The Hall–Kier alpha value is -2.55. The number of piperidine rings is 1. The number of hydrogen-bond acceptors (Lipinski definition) is 4. The Morgan fingerprint density at radius 3 is 2.35 bits per heavy atom. The van der Waals surface area contributed by atoms with E-state index in [1.165, 1.54) is 4.90 Å². The van der Waals surface area contributed by atoms with Gasteiger partial charge in [0.05, 0.1) is 0 Å². The summed E-state index contributed by atoms with van der Waals surface area (Å²) in [6, 6.07) is 6.51. The van der Waals surface area contributed by atoms with Crippen molar-refractivity contribution in [1.29, 1.82) is 0 Å². The lowest BCUT2D eigenvalue weighted by Gasteiger charge is -2.31. The molecule has 0 spiro atoms. The zero-order valence-corrected chi connectivity index (χ0v) is 17.7. The summed E-state index contributed by atoms with van der Waals surface area (Å²) in [5.74, 6) is -2.83.